The van der Waals surface area contributed by atoms with Crippen LogP contribution < -0.4 is 0 Å². The van der Waals surface area contributed by atoms with Gasteiger partial charge in [0, 0.05) is 26.8 Å². The van der Waals surface area contributed by atoms with Gasteiger partial charge in [0.15, 0.2) is 0 Å². The molecule has 5 nitrogen and oxygen atoms in total. The number of hydrogen-bond donors (Lipinski definition) is 0. The summed E-state index contributed by atoms with van der Waals surface area (Å²) in [5.41, 5.74) is 0. The van der Waals surface area contributed by atoms with Crippen molar-refractivity contribution in [2.75, 3.05) is 27.3 Å². The number of nitrogens with zero attached hydrogens (tertiary/aromatic N) is 2. The Morgan fingerprint density at radius 2 is 2.18 bits per heavy atom. The van der Waals surface area contributed by atoms with E-state index in [0.717, 1.165) is 0 Å². The Balaban J connectivity index is 4.03. The van der Waals surface area contributed by atoms with Crippen LogP contribution in [0.5, 0.6) is 0 Å². The molecule has 0 aliphatic heterocycles. The molecule has 0 fully saturated rings. The maximum Gasteiger partial charge on any atom is 0.332 e. The molecule has 0 aliphatic carbocycles. The number of rotatable bonds is 7. The molecule has 0 aromatic rings. The lowest BCUT2D eigenvalue weighted by molar-refractivity contribution is -0.142. The van der Waals surface area contributed by atoms with E-state index in [-0.39, 0.29) is 6.61 Å². The summed E-state index contributed by atoms with van der Waals surface area (Å²) in [6.07, 6.45) is 5.44. The van der Waals surface area contributed by atoms with E-state index in [0.29, 0.717) is 6.61 Å². The van der Waals surface area contributed by atoms with Crippen LogP contribution in [0.4, 0.5) is 0 Å². The first-order valence-electron chi connectivity index (χ1n) is 5.29. The van der Waals surface area contributed by atoms with Crippen LogP contribution >= 0.6 is 0 Å². The van der Waals surface area contributed by atoms with Crippen molar-refractivity contribution in [1.82, 2.24) is 4.90 Å². The van der Waals surface area contributed by atoms with Gasteiger partial charge in [0.25, 0.3) is 0 Å². The molecule has 0 rings (SSSR count). The summed E-state index contributed by atoms with van der Waals surface area (Å²) < 4.78 is 9.85. The van der Waals surface area contributed by atoms with Crippen LogP contribution in [0.1, 0.15) is 6.92 Å². The second kappa shape index (κ2) is 9.43. The highest BCUT2D eigenvalue weighted by Crippen LogP contribution is 1.94. The zero-order valence-corrected chi connectivity index (χ0v) is 10.4. The molecular formula is C12H18N2O3. The van der Waals surface area contributed by atoms with Gasteiger partial charge in [-0.25, -0.2) is 4.79 Å². The lowest BCUT2D eigenvalue weighted by atomic mass is 10.4. The van der Waals surface area contributed by atoms with Gasteiger partial charge in [0.1, 0.15) is 6.07 Å². The molecule has 0 heterocycles. The maximum atomic E-state index is 11.3. The zero-order chi connectivity index (χ0) is 13.1. The van der Waals surface area contributed by atoms with Crippen molar-refractivity contribution < 1.29 is 14.3 Å². The minimum Gasteiger partial charge on any atom is -0.441 e. The van der Waals surface area contributed by atoms with E-state index in [1.807, 2.05) is 32.0 Å². The van der Waals surface area contributed by atoms with Crippen molar-refractivity contribution in [3.05, 3.63) is 24.4 Å². The van der Waals surface area contributed by atoms with Crippen LogP contribution in [0, 0.1) is 11.3 Å². The fraction of sp³-hybridized carbons (Fsp3) is 0.500. The predicted molar refractivity (Wildman–Crippen MR) is 64.0 cm³/mol. The first-order chi connectivity index (χ1) is 8.10. The smallest absolute Gasteiger partial charge is 0.332 e. The van der Waals surface area contributed by atoms with Gasteiger partial charge < -0.3 is 14.4 Å². The zero-order valence-electron chi connectivity index (χ0n) is 10.4. The molecule has 0 aromatic heterocycles. The quantitative estimate of drug-likeness (QED) is 0.377. The topological polar surface area (TPSA) is 62.6 Å². The number of ether oxygens (including phenoxy) is 2. The van der Waals surface area contributed by atoms with Crippen molar-refractivity contribution in [2.45, 2.75) is 13.0 Å². The van der Waals surface area contributed by atoms with Gasteiger partial charge in [-0.3, -0.25) is 0 Å². The summed E-state index contributed by atoms with van der Waals surface area (Å²) in [5.74, 6) is -0.556. The monoisotopic (exact) mass is 238 g/mol. The molecule has 0 aliphatic rings. The van der Waals surface area contributed by atoms with E-state index >= 15 is 0 Å². The summed E-state index contributed by atoms with van der Waals surface area (Å²) in [5, 5.41) is 8.69. The Kier molecular flexibility index (Phi) is 8.43. The summed E-state index contributed by atoms with van der Waals surface area (Å²) in [4.78, 5) is 13.1. The summed E-state index contributed by atoms with van der Waals surface area (Å²) in [7, 11) is 3.74. The Morgan fingerprint density at radius 3 is 2.71 bits per heavy atom. The average Bonchev–Trinajstić information content (AvgIpc) is 2.29. The summed E-state index contributed by atoms with van der Waals surface area (Å²) in [6.45, 7) is 2.39. The van der Waals surface area contributed by atoms with Crippen LogP contribution in [-0.4, -0.2) is 44.3 Å². The highest BCUT2D eigenvalue weighted by Gasteiger charge is 2.10. The molecule has 0 radical (unpaired) electrons. The maximum absolute atomic E-state index is 11.3. The van der Waals surface area contributed by atoms with Crippen molar-refractivity contribution in [2.24, 2.45) is 0 Å². The molecule has 0 aromatic carbocycles. The molecular weight excluding hydrogens is 220 g/mol. The lowest BCUT2D eigenvalue weighted by Gasteiger charge is -2.08. The fourth-order valence-corrected chi connectivity index (χ4v) is 0.858. The van der Waals surface area contributed by atoms with E-state index in [1.54, 1.807) is 18.4 Å². The highest BCUT2D eigenvalue weighted by atomic mass is 16.6. The Labute approximate surface area is 102 Å². The third-order valence-corrected chi connectivity index (χ3v) is 1.60. The van der Waals surface area contributed by atoms with Crippen molar-refractivity contribution in [3.8, 4) is 6.07 Å². The fourth-order valence-electron chi connectivity index (χ4n) is 0.858. The SMILES string of the molecule is CCOCC(C#N)OC(=O)C=CC=CN(C)C. The molecule has 0 saturated carbocycles. The summed E-state index contributed by atoms with van der Waals surface area (Å²) in [6, 6.07) is 1.85. The third kappa shape index (κ3) is 9.15. The number of hydrogen-bond acceptors (Lipinski definition) is 5. The van der Waals surface area contributed by atoms with Gasteiger partial charge >= 0.3 is 5.97 Å². The van der Waals surface area contributed by atoms with Crippen molar-refractivity contribution >= 4 is 5.97 Å². The summed E-state index contributed by atoms with van der Waals surface area (Å²) >= 11 is 0. The highest BCUT2D eigenvalue weighted by molar-refractivity contribution is 5.82. The van der Waals surface area contributed by atoms with Gasteiger partial charge in [-0.1, -0.05) is 6.08 Å². The molecule has 94 valence electrons. The third-order valence-electron chi connectivity index (χ3n) is 1.60. The van der Waals surface area contributed by atoms with Gasteiger partial charge in [0.05, 0.1) is 6.61 Å². The van der Waals surface area contributed by atoms with Crippen LogP contribution in [0.3, 0.4) is 0 Å². The molecule has 5 heteroatoms. The number of carbonyl (C=O) groups is 1. The van der Waals surface area contributed by atoms with Crippen LogP contribution in [-0.2, 0) is 14.3 Å². The van der Waals surface area contributed by atoms with Crippen LogP contribution in [0.15, 0.2) is 24.4 Å². The van der Waals surface area contributed by atoms with Crippen LogP contribution in [0.25, 0.3) is 0 Å². The van der Waals surface area contributed by atoms with E-state index < -0.39 is 12.1 Å². The van der Waals surface area contributed by atoms with E-state index in [4.69, 9.17) is 14.7 Å². The Hall–Kier alpha value is -1.80. The Bertz CT molecular complexity index is 316. The first kappa shape index (κ1) is 15.2. The minimum absolute atomic E-state index is 0.0973. The molecule has 0 amide bonds. The van der Waals surface area contributed by atoms with Gasteiger partial charge in [-0.05, 0) is 19.2 Å². The number of esters is 1. The van der Waals surface area contributed by atoms with Crippen molar-refractivity contribution in [1.29, 1.82) is 5.26 Å². The van der Waals surface area contributed by atoms with Crippen LogP contribution in [0.2, 0.25) is 0 Å². The second-order valence-electron chi connectivity index (χ2n) is 3.38. The molecule has 0 bridgehead atoms. The van der Waals surface area contributed by atoms with Crippen molar-refractivity contribution in [3.63, 3.8) is 0 Å². The van der Waals surface area contributed by atoms with Gasteiger partial charge in [-0.2, -0.15) is 5.26 Å². The number of nitriles is 1. The van der Waals surface area contributed by atoms with E-state index in [1.165, 1.54) is 6.08 Å². The van der Waals surface area contributed by atoms with E-state index in [2.05, 4.69) is 0 Å². The Morgan fingerprint density at radius 1 is 1.47 bits per heavy atom. The number of allylic oxidation sites excluding steroid dienone is 2. The minimum atomic E-state index is -0.857. The number of carbonyl (C=O) groups excluding carboxylic acids is 1. The molecule has 0 N–H and O–H groups in total. The molecule has 1 unspecified atom stereocenters. The molecule has 1 atom stereocenters. The normalized spacial score (nSPS) is 12.6. The average molecular weight is 238 g/mol. The molecule has 17 heavy (non-hydrogen) atoms. The van der Waals surface area contributed by atoms with E-state index in [9.17, 15) is 4.79 Å². The largest absolute Gasteiger partial charge is 0.441 e. The lowest BCUT2D eigenvalue weighted by Crippen LogP contribution is -2.20. The standard InChI is InChI=1S/C12H18N2O3/c1-4-16-10-11(9-13)17-12(15)7-5-6-8-14(2)3/h5-8,11H,4,10H2,1-3H3. The molecule has 0 saturated heterocycles. The van der Waals surface area contributed by atoms with Gasteiger partial charge in [0.2, 0.25) is 6.10 Å². The second-order valence-corrected chi connectivity index (χ2v) is 3.38. The predicted octanol–water partition coefficient (Wildman–Crippen LogP) is 1.09. The first-order valence-corrected chi connectivity index (χ1v) is 5.29. The van der Waals surface area contributed by atoms with Gasteiger partial charge in [-0.15, -0.1) is 0 Å². The molecule has 0 spiro atoms.